The minimum atomic E-state index is -0.913. The Hall–Kier alpha value is -2.27. The Labute approximate surface area is 132 Å². The maximum atomic E-state index is 11.4. The molecule has 3 rings (SSSR count). The second-order valence-electron chi connectivity index (χ2n) is 5.53. The number of fused-ring (bicyclic) bond motifs is 1. The van der Waals surface area contributed by atoms with Crippen LogP contribution in [-0.2, 0) is 4.79 Å². The van der Waals surface area contributed by atoms with Crippen LogP contribution in [-0.4, -0.2) is 25.8 Å². The Morgan fingerprint density at radius 2 is 2.05 bits per heavy atom. The number of carboxylic acids is 1. The average Bonchev–Trinajstić information content (AvgIpc) is 2.95. The van der Waals surface area contributed by atoms with E-state index in [1.165, 1.54) is 11.8 Å². The topological polar surface area (TPSA) is 66.0 Å². The first kappa shape index (κ1) is 14.7. The molecule has 3 aromatic rings. The number of nitrogens with one attached hydrogen (secondary N) is 1. The highest BCUT2D eigenvalue weighted by Crippen LogP contribution is 2.40. The van der Waals surface area contributed by atoms with Crippen molar-refractivity contribution in [2.24, 2.45) is 0 Å². The number of benzene rings is 1. The van der Waals surface area contributed by atoms with Gasteiger partial charge in [-0.1, -0.05) is 12.1 Å². The van der Waals surface area contributed by atoms with Gasteiger partial charge < -0.3 is 10.1 Å². The summed E-state index contributed by atoms with van der Waals surface area (Å²) in [5.74, 6) is -0.841. The van der Waals surface area contributed by atoms with E-state index in [9.17, 15) is 9.90 Å². The third-order valence-corrected chi connectivity index (χ3v) is 4.78. The van der Waals surface area contributed by atoms with Gasteiger partial charge in [0.15, 0.2) is 0 Å². The molecule has 2 aromatic heterocycles. The monoisotopic (exact) mass is 312 g/mol. The van der Waals surface area contributed by atoms with Gasteiger partial charge in [-0.25, -0.2) is 0 Å². The van der Waals surface area contributed by atoms with Gasteiger partial charge in [-0.3, -0.25) is 9.78 Å². The molecular formula is C17H16N2O2S. The lowest BCUT2D eigenvalue weighted by Gasteiger charge is -2.20. The molecule has 0 saturated carbocycles. The summed E-state index contributed by atoms with van der Waals surface area (Å²) in [6.07, 6.45) is 5.37. The molecule has 4 nitrogen and oxygen atoms in total. The van der Waals surface area contributed by atoms with Crippen LogP contribution >= 0.6 is 11.8 Å². The summed E-state index contributed by atoms with van der Waals surface area (Å²) in [7, 11) is 0. The maximum Gasteiger partial charge on any atom is 0.319 e. The van der Waals surface area contributed by atoms with Crippen LogP contribution in [0.5, 0.6) is 0 Å². The van der Waals surface area contributed by atoms with E-state index in [0.29, 0.717) is 0 Å². The van der Waals surface area contributed by atoms with Crippen molar-refractivity contribution in [2.75, 3.05) is 0 Å². The second-order valence-corrected chi connectivity index (χ2v) is 7.20. The molecule has 22 heavy (non-hydrogen) atoms. The Bertz CT molecular complexity index is 839. The normalized spacial score (nSPS) is 11.7. The number of pyridine rings is 1. The molecule has 0 unspecified atom stereocenters. The van der Waals surface area contributed by atoms with Gasteiger partial charge in [-0.2, -0.15) is 0 Å². The lowest BCUT2D eigenvalue weighted by atomic mass is 10.0. The smallest absolute Gasteiger partial charge is 0.319 e. The molecule has 112 valence electrons. The Morgan fingerprint density at radius 3 is 2.82 bits per heavy atom. The SMILES string of the molecule is CC(C)(Sc1cnccc1-c1cccc2[nH]ccc12)C(=O)O. The van der Waals surface area contributed by atoms with Gasteiger partial charge in [0.2, 0.25) is 0 Å². The van der Waals surface area contributed by atoms with E-state index in [4.69, 9.17) is 0 Å². The maximum absolute atomic E-state index is 11.4. The predicted octanol–water partition coefficient (Wildman–Crippen LogP) is 4.19. The highest BCUT2D eigenvalue weighted by molar-refractivity contribution is 8.01. The quantitative estimate of drug-likeness (QED) is 0.709. The average molecular weight is 312 g/mol. The summed E-state index contributed by atoms with van der Waals surface area (Å²) in [6.45, 7) is 3.40. The molecule has 5 heteroatoms. The Balaban J connectivity index is 2.13. The van der Waals surface area contributed by atoms with Crippen LogP contribution in [0, 0.1) is 0 Å². The zero-order valence-electron chi connectivity index (χ0n) is 12.3. The summed E-state index contributed by atoms with van der Waals surface area (Å²) in [5.41, 5.74) is 3.13. The van der Waals surface area contributed by atoms with Crippen molar-refractivity contribution >= 4 is 28.6 Å². The van der Waals surface area contributed by atoms with E-state index < -0.39 is 10.7 Å². The van der Waals surface area contributed by atoms with Gasteiger partial charge >= 0.3 is 5.97 Å². The summed E-state index contributed by atoms with van der Waals surface area (Å²) >= 11 is 1.31. The van der Waals surface area contributed by atoms with Gasteiger partial charge in [-0.05, 0) is 43.2 Å². The number of H-pyrrole nitrogens is 1. The number of hydrogen-bond donors (Lipinski definition) is 2. The van der Waals surface area contributed by atoms with E-state index in [-0.39, 0.29) is 0 Å². The number of carboxylic acid groups (broad SMARTS) is 1. The third-order valence-electron chi connectivity index (χ3n) is 3.55. The summed E-state index contributed by atoms with van der Waals surface area (Å²) in [4.78, 5) is 19.6. The third kappa shape index (κ3) is 2.60. The number of carbonyl (C=O) groups is 1. The molecule has 0 aliphatic rings. The predicted molar refractivity (Wildman–Crippen MR) is 89.1 cm³/mol. The first-order chi connectivity index (χ1) is 10.5. The largest absolute Gasteiger partial charge is 0.480 e. The van der Waals surface area contributed by atoms with Crippen LogP contribution in [0.2, 0.25) is 0 Å². The van der Waals surface area contributed by atoms with Crippen LogP contribution in [0.15, 0.2) is 53.8 Å². The summed E-state index contributed by atoms with van der Waals surface area (Å²) < 4.78 is -0.913. The van der Waals surface area contributed by atoms with Crippen LogP contribution in [0.1, 0.15) is 13.8 Å². The van der Waals surface area contributed by atoms with E-state index >= 15 is 0 Å². The van der Waals surface area contributed by atoms with Crippen LogP contribution < -0.4 is 0 Å². The van der Waals surface area contributed by atoms with Crippen molar-refractivity contribution in [1.29, 1.82) is 0 Å². The fraction of sp³-hybridized carbons (Fsp3) is 0.176. The summed E-state index contributed by atoms with van der Waals surface area (Å²) in [6, 6.07) is 10.0. The fourth-order valence-corrected chi connectivity index (χ4v) is 3.36. The van der Waals surface area contributed by atoms with Gasteiger partial charge in [0.05, 0.1) is 0 Å². The van der Waals surface area contributed by atoms with Crippen molar-refractivity contribution in [3.05, 3.63) is 48.9 Å². The second kappa shape index (κ2) is 5.50. The molecule has 0 aliphatic heterocycles. The number of rotatable bonds is 4. The highest BCUT2D eigenvalue weighted by Gasteiger charge is 2.29. The number of aromatic nitrogens is 2. The Kier molecular flexibility index (Phi) is 3.66. The molecule has 0 bridgehead atoms. The van der Waals surface area contributed by atoms with Gasteiger partial charge in [0.25, 0.3) is 0 Å². The lowest BCUT2D eigenvalue weighted by Crippen LogP contribution is -2.27. The van der Waals surface area contributed by atoms with Crippen molar-refractivity contribution < 1.29 is 9.90 Å². The standard InChI is InChI=1S/C17H16N2O2S/c1-17(2,16(20)21)22-15-10-18-8-6-13(15)11-4-3-5-14-12(11)7-9-19-14/h3-10,19H,1-2H3,(H,20,21). The highest BCUT2D eigenvalue weighted by atomic mass is 32.2. The van der Waals surface area contributed by atoms with Crippen molar-refractivity contribution in [3.63, 3.8) is 0 Å². The first-order valence-electron chi connectivity index (χ1n) is 6.92. The molecule has 0 aliphatic carbocycles. The van der Waals surface area contributed by atoms with Gasteiger partial charge in [-0.15, -0.1) is 11.8 Å². The molecular weight excluding hydrogens is 296 g/mol. The van der Waals surface area contributed by atoms with Crippen LogP contribution in [0.4, 0.5) is 0 Å². The van der Waals surface area contributed by atoms with Crippen LogP contribution in [0.25, 0.3) is 22.0 Å². The molecule has 0 radical (unpaired) electrons. The Morgan fingerprint density at radius 1 is 1.23 bits per heavy atom. The number of thioether (sulfide) groups is 1. The molecule has 0 amide bonds. The number of nitrogens with zero attached hydrogens (tertiary/aromatic N) is 1. The zero-order chi connectivity index (χ0) is 15.7. The van der Waals surface area contributed by atoms with Crippen molar-refractivity contribution in [1.82, 2.24) is 9.97 Å². The minimum absolute atomic E-state index is 0.841. The minimum Gasteiger partial charge on any atom is -0.480 e. The number of aliphatic carboxylic acids is 1. The van der Waals surface area contributed by atoms with E-state index in [1.807, 2.05) is 36.5 Å². The van der Waals surface area contributed by atoms with Gasteiger partial charge in [0, 0.05) is 34.4 Å². The van der Waals surface area contributed by atoms with E-state index in [0.717, 1.165) is 26.9 Å². The molecule has 2 N–H and O–H groups in total. The zero-order valence-corrected chi connectivity index (χ0v) is 13.1. The molecule has 0 atom stereocenters. The van der Waals surface area contributed by atoms with E-state index in [2.05, 4.69) is 9.97 Å². The molecule has 0 spiro atoms. The van der Waals surface area contributed by atoms with Crippen molar-refractivity contribution in [2.45, 2.75) is 23.5 Å². The van der Waals surface area contributed by atoms with Crippen LogP contribution in [0.3, 0.4) is 0 Å². The fourth-order valence-electron chi connectivity index (χ4n) is 2.32. The van der Waals surface area contributed by atoms with Gasteiger partial charge in [0.1, 0.15) is 4.75 Å². The van der Waals surface area contributed by atoms with E-state index in [1.54, 1.807) is 26.2 Å². The first-order valence-corrected chi connectivity index (χ1v) is 7.73. The van der Waals surface area contributed by atoms with Crippen molar-refractivity contribution in [3.8, 4) is 11.1 Å². The summed E-state index contributed by atoms with van der Waals surface area (Å²) in [5, 5.41) is 10.5. The molecule has 0 saturated heterocycles. The molecule has 2 heterocycles. The lowest BCUT2D eigenvalue weighted by molar-refractivity contribution is -0.138. The number of hydrogen-bond acceptors (Lipinski definition) is 3. The molecule has 1 aromatic carbocycles. The molecule has 0 fully saturated rings. The number of aromatic amines is 1.